The Bertz CT molecular complexity index is 1110. The fraction of sp³-hybridized carbons (Fsp3) is 0.136. The Morgan fingerprint density at radius 1 is 1.10 bits per heavy atom. The summed E-state index contributed by atoms with van der Waals surface area (Å²) in [6.45, 7) is 2.05. The van der Waals surface area contributed by atoms with Crippen molar-refractivity contribution in [1.82, 2.24) is 9.97 Å². The van der Waals surface area contributed by atoms with Crippen LogP contribution in [0, 0.1) is 6.92 Å². The second-order valence-corrected chi connectivity index (χ2v) is 8.25. The van der Waals surface area contributed by atoms with E-state index in [9.17, 15) is 4.79 Å². The molecule has 0 saturated heterocycles. The van der Waals surface area contributed by atoms with Crippen LogP contribution in [0.15, 0.2) is 70.7 Å². The molecular formula is C22H19N3O2S2. The highest BCUT2D eigenvalue weighted by Crippen LogP contribution is 2.27. The number of nitrogens with zero attached hydrogens (tertiary/aromatic N) is 2. The van der Waals surface area contributed by atoms with Gasteiger partial charge in [-0.25, -0.2) is 9.97 Å². The first kappa shape index (κ1) is 19.4. The molecule has 0 bridgehead atoms. The standard InChI is InChI=1S/C22H19N3O2S2/c1-15-7-5-6-10-18(15)19-13-29-22(24-19)25-20(26)14-28-12-17-11-27-21(23-17)16-8-3-2-4-9-16/h2-11,13H,12,14H2,1H3,(H,24,25,26). The number of thioether (sulfide) groups is 1. The third kappa shape index (κ3) is 4.93. The average molecular weight is 422 g/mol. The monoisotopic (exact) mass is 421 g/mol. The van der Waals surface area contributed by atoms with Crippen LogP contribution >= 0.6 is 23.1 Å². The smallest absolute Gasteiger partial charge is 0.236 e. The number of oxazole rings is 1. The number of hydrogen-bond acceptors (Lipinski definition) is 6. The lowest BCUT2D eigenvalue weighted by Gasteiger charge is -2.02. The first-order valence-electron chi connectivity index (χ1n) is 9.08. The molecule has 146 valence electrons. The van der Waals surface area contributed by atoms with Gasteiger partial charge in [0, 0.05) is 22.3 Å². The van der Waals surface area contributed by atoms with Crippen LogP contribution in [-0.4, -0.2) is 21.6 Å². The van der Waals surface area contributed by atoms with Crippen LogP contribution in [0.3, 0.4) is 0 Å². The zero-order chi connectivity index (χ0) is 20.1. The molecule has 0 aliphatic rings. The van der Waals surface area contributed by atoms with Crippen LogP contribution in [0.25, 0.3) is 22.7 Å². The summed E-state index contributed by atoms with van der Waals surface area (Å²) >= 11 is 2.92. The lowest BCUT2D eigenvalue weighted by atomic mass is 10.1. The van der Waals surface area contributed by atoms with Crippen molar-refractivity contribution in [3.05, 3.63) is 77.5 Å². The van der Waals surface area contributed by atoms with Gasteiger partial charge in [0.2, 0.25) is 11.8 Å². The van der Waals surface area contributed by atoms with Gasteiger partial charge in [0.25, 0.3) is 0 Å². The summed E-state index contributed by atoms with van der Waals surface area (Å²) in [5.41, 5.74) is 4.88. The molecule has 0 aliphatic heterocycles. The predicted molar refractivity (Wildman–Crippen MR) is 119 cm³/mol. The van der Waals surface area contributed by atoms with E-state index in [2.05, 4.69) is 28.3 Å². The number of nitrogens with one attached hydrogen (secondary N) is 1. The Morgan fingerprint density at radius 3 is 2.72 bits per heavy atom. The van der Waals surface area contributed by atoms with Gasteiger partial charge in [-0.2, -0.15) is 0 Å². The van der Waals surface area contributed by atoms with Crippen molar-refractivity contribution < 1.29 is 9.21 Å². The van der Waals surface area contributed by atoms with Crippen LogP contribution in [0.2, 0.25) is 0 Å². The molecule has 29 heavy (non-hydrogen) atoms. The fourth-order valence-electron chi connectivity index (χ4n) is 2.81. The number of amides is 1. The van der Waals surface area contributed by atoms with E-state index in [4.69, 9.17) is 4.42 Å². The zero-order valence-corrected chi connectivity index (χ0v) is 17.4. The molecule has 4 rings (SSSR count). The topological polar surface area (TPSA) is 68.0 Å². The van der Waals surface area contributed by atoms with Gasteiger partial charge in [-0.1, -0.05) is 42.5 Å². The number of thiazole rings is 1. The maximum absolute atomic E-state index is 12.2. The third-order valence-corrected chi connectivity index (χ3v) is 5.95. The first-order chi connectivity index (χ1) is 14.2. The summed E-state index contributed by atoms with van der Waals surface area (Å²) in [5, 5.41) is 5.45. The summed E-state index contributed by atoms with van der Waals surface area (Å²) in [6.07, 6.45) is 1.64. The van der Waals surface area contributed by atoms with E-state index in [1.807, 2.05) is 53.9 Å². The van der Waals surface area contributed by atoms with E-state index in [-0.39, 0.29) is 5.91 Å². The molecular weight excluding hydrogens is 402 g/mol. The van der Waals surface area contributed by atoms with E-state index >= 15 is 0 Å². The molecule has 0 fully saturated rings. The SMILES string of the molecule is Cc1ccccc1-c1csc(NC(=O)CSCc2coc(-c3ccccc3)n2)n1. The van der Waals surface area contributed by atoms with Crippen LogP contribution in [0.4, 0.5) is 5.13 Å². The normalized spacial score (nSPS) is 10.8. The molecule has 7 heteroatoms. The van der Waals surface area contributed by atoms with E-state index in [0.29, 0.717) is 22.5 Å². The van der Waals surface area contributed by atoms with Crippen molar-refractivity contribution in [2.24, 2.45) is 0 Å². The summed E-state index contributed by atoms with van der Waals surface area (Å²) < 4.78 is 5.52. The number of carbonyl (C=O) groups is 1. The number of anilines is 1. The summed E-state index contributed by atoms with van der Waals surface area (Å²) in [5.74, 6) is 1.45. The average Bonchev–Trinajstić information content (AvgIpc) is 3.39. The van der Waals surface area contributed by atoms with Crippen LogP contribution < -0.4 is 5.32 Å². The number of carbonyl (C=O) groups excluding carboxylic acids is 1. The molecule has 0 radical (unpaired) electrons. The number of rotatable bonds is 7. The highest BCUT2D eigenvalue weighted by Gasteiger charge is 2.11. The molecule has 0 unspecified atom stereocenters. The molecule has 0 spiro atoms. The van der Waals surface area contributed by atoms with Gasteiger partial charge in [0.05, 0.1) is 17.1 Å². The molecule has 1 N–H and O–H groups in total. The van der Waals surface area contributed by atoms with Gasteiger partial charge in [0.15, 0.2) is 5.13 Å². The van der Waals surface area contributed by atoms with Gasteiger partial charge in [-0.3, -0.25) is 4.79 Å². The summed E-state index contributed by atoms with van der Waals surface area (Å²) in [4.78, 5) is 21.2. The molecule has 0 saturated carbocycles. The van der Waals surface area contributed by atoms with Crippen molar-refractivity contribution >= 4 is 34.1 Å². The van der Waals surface area contributed by atoms with Crippen molar-refractivity contribution in [2.45, 2.75) is 12.7 Å². The molecule has 1 amide bonds. The van der Waals surface area contributed by atoms with Gasteiger partial charge < -0.3 is 9.73 Å². The van der Waals surface area contributed by atoms with Gasteiger partial charge in [0.1, 0.15) is 6.26 Å². The molecule has 5 nitrogen and oxygen atoms in total. The van der Waals surface area contributed by atoms with Crippen LogP contribution in [-0.2, 0) is 10.5 Å². The number of benzene rings is 2. The van der Waals surface area contributed by atoms with Crippen molar-refractivity contribution in [3.8, 4) is 22.7 Å². The first-order valence-corrected chi connectivity index (χ1v) is 11.1. The van der Waals surface area contributed by atoms with Gasteiger partial charge in [-0.15, -0.1) is 23.1 Å². The predicted octanol–water partition coefficient (Wildman–Crippen LogP) is 5.65. The maximum Gasteiger partial charge on any atom is 0.236 e. The molecule has 2 aromatic heterocycles. The van der Waals surface area contributed by atoms with E-state index in [1.165, 1.54) is 23.1 Å². The Hall–Kier alpha value is -2.90. The summed E-state index contributed by atoms with van der Waals surface area (Å²) in [6, 6.07) is 17.8. The Morgan fingerprint density at radius 2 is 1.90 bits per heavy atom. The van der Waals surface area contributed by atoms with Gasteiger partial charge in [-0.05, 0) is 24.6 Å². The zero-order valence-electron chi connectivity index (χ0n) is 15.8. The highest BCUT2D eigenvalue weighted by molar-refractivity contribution is 7.99. The largest absolute Gasteiger partial charge is 0.444 e. The van der Waals surface area contributed by atoms with Gasteiger partial charge >= 0.3 is 0 Å². The minimum Gasteiger partial charge on any atom is -0.444 e. The van der Waals surface area contributed by atoms with Crippen molar-refractivity contribution in [2.75, 3.05) is 11.1 Å². The Labute approximate surface area is 177 Å². The minimum atomic E-state index is -0.0764. The summed E-state index contributed by atoms with van der Waals surface area (Å²) in [7, 11) is 0. The quantitative estimate of drug-likeness (QED) is 0.418. The van der Waals surface area contributed by atoms with E-state index in [0.717, 1.165) is 28.1 Å². The minimum absolute atomic E-state index is 0.0764. The molecule has 2 aromatic carbocycles. The fourth-order valence-corrected chi connectivity index (χ4v) is 4.23. The third-order valence-electron chi connectivity index (χ3n) is 4.23. The Balaban J connectivity index is 1.28. The second kappa shape index (κ2) is 9.07. The van der Waals surface area contributed by atoms with Crippen LogP contribution in [0.1, 0.15) is 11.3 Å². The number of aryl methyl sites for hydroxylation is 1. The van der Waals surface area contributed by atoms with E-state index in [1.54, 1.807) is 6.26 Å². The highest BCUT2D eigenvalue weighted by atomic mass is 32.2. The van der Waals surface area contributed by atoms with Crippen LogP contribution in [0.5, 0.6) is 0 Å². The number of aromatic nitrogens is 2. The second-order valence-electron chi connectivity index (χ2n) is 6.40. The molecule has 0 atom stereocenters. The van der Waals surface area contributed by atoms with Crippen molar-refractivity contribution in [3.63, 3.8) is 0 Å². The molecule has 0 aliphatic carbocycles. The molecule has 2 heterocycles. The Kier molecular flexibility index (Phi) is 6.07. The lowest BCUT2D eigenvalue weighted by molar-refractivity contribution is -0.113. The lowest BCUT2D eigenvalue weighted by Crippen LogP contribution is -2.14. The number of hydrogen-bond donors (Lipinski definition) is 1. The van der Waals surface area contributed by atoms with E-state index < -0.39 is 0 Å². The molecule has 4 aromatic rings. The van der Waals surface area contributed by atoms with Crippen molar-refractivity contribution in [1.29, 1.82) is 0 Å². The maximum atomic E-state index is 12.2.